The van der Waals surface area contributed by atoms with E-state index in [4.69, 9.17) is 16.3 Å². The number of terminal acetylenes is 1. The molecule has 0 saturated carbocycles. The maximum absolute atomic E-state index is 8.83. The lowest BCUT2D eigenvalue weighted by Gasteiger charge is -2.08. The van der Waals surface area contributed by atoms with Gasteiger partial charge in [-0.2, -0.15) is 0 Å². The smallest absolute Gasteiger partial charge is 0.122 e. The first kappa shape index (κ1) is 10.6. The summed E-state index contributed by atoms with van der Waals surface area (Å²) < 4.78 is 5.48. The normalized spacial score (nSPS) is 9.43. The van der Waals surface area contributed by atoms with Crippen LogP contribution in [0.2, 0.25) is 0 Å². The third-order valence-corrected chi connectivity index (χ3v) is 1.86. The van der Waals surface area contributed by atoms with Gasteiger partial charge in [0.05, 0.1) is 6.61 Å². The van der Waals surface area contributed by atoms with Crippen molar-refractivity contribution in [2.24, 2.45) is 0 Å². The summed E-state index contributed by atoms with van der Waals surface area (Å²) in [6.07, 6.45) is 6.34. The maximum Gasteiger partial charge on any atom is 0.122 e. The van der Waals surface area contributed by atoms with E-state index in [1.165, 1.54) is 0 Å². The number of hydrogen-bond donors (Lipinski definition) is 1. The fourth-order valence-corrected chi connectivity index (χ4v) is 1.19. The highest BCUT2D eigenvalue weighted by Gasteiger charge is 2.00. The Morgan fingerprint density at radius 2 is 2.14 bits per heavy atom. The molecule has 0 radical (unpaired) electrons. The molecule has 1 aromatic carbocycles. The minimum absolute atomic E-state index is 0.134. The van der Waals surface area contributed by atoms with Gasteiger partial charge in [-0.25, -0.2) is 0 Å². The number of benzene rings is 1. The van der Waals surface area contributed by atoms with Gasteiger partial charge in [0.1, 0.15) is 5.75 Å². The summed E-state index contributed by atoms with van der Waals surface area (Å²) in [5, 5.41) is 8.83. The first-order chi connectivity index (χ1) is 6.88. The quantitative estimate of drug-likeness (QED) is 0.564. The van der Waals surface area contributed by atoms with Crippen molar-refractivity contribution in [3.63, 3.8) is 0 Å². The number of aliphatic hydroxyl groups excluding tert-OH is 1. The second-order valence-corrected chi connectivity index (χ2v) is 2.88. The van der Waals surface area contributed by atoms with Crippen LogP contribution in [0.3, 0.4) is 0 Å². The molecule has 0 aliphatic carbocycles. The molecule has 0 bridgehead atoms. The standard InChI is InChI=1S/C12H14O2/c1-2-3-10-14-12-7-5-4-6-11(12)8-9-13/h1,4-7,13H,3,8-10H2. The molecule has 0 aliphatic rings. The molecule has 0 aliphatic heterocycles. The first-order valence-corrected chi connectivity index (χ1v) is 4.63. The van der Waals surface area contributed by atoms with Crippen LogP contribution in [-0.4, -0.2) is 18.3 Å². The van der Waals surface area contributed by atoms with E-state index in [2.05, 4.69) is 5.92 Å². The van der Waals surface area contributed by atoms with Crippen LogP contribution in [0.25, 0.3) is 0 Å². The lowest BCUT2D eigenvalue weighted by atomic mass is 10.1. The highest BCUT2D eigenvalue weighted by atomic mass is 16.5. The molecule has 0 heterocycles. The Labute approximate surface area is 84.5 Å². The first-order valence-electron chi connectivity index (χ1n) is 4.63. The average molecular weight is 190 g/mol. The van der Waals surface area contributed by atoms with Gasteiger partial charge in [0, 0.05) is 13.0 Å². The predicted octanol–water partition coefficient (Wildman–Crippen LogP) is 1.62. The molecule has 0 saturated heterocycles. The topological polar surface area (TPSA) is 29.5 Å². The monoisotopic (exact) mass is 190 g/mol. The summed E-state index contributed by atoms with van der Waals surface area (Å²) in [4.78, 5) is 0. The summed E-state index contributed by atoms with van der Waals surface area (Å²) >= 11 is 0. The van der Waals surface area contributed by atoms with Crippen molar-refractivity contribution in [3.05, 3.63) is 29.8 Å². The SMILES string of the molecule is C#CCCOc1ccccc1CCO. The van der Waals surface area contributed by atoms with E-state index in [1.54, 1.807) is 0 Å². The molecule has 0 amide bonds. The highest BCUT2D eigenvalue weighted by molar-refractivity contribution is 5.33. The van der Waals surface area contributed by atoms with E-state index in [0.29, 0.717) is 19.4 Å². The minimum Gasteiger partial charge on any atom is -0.492 e. The second-order valence-electron chi connectivity index (χ2n) is 2.88. The summed E-state index contributed by atoms with van der Waals surface area (Å²) in [6.45, 7) is 0.661. The fourth-order valence-electron chi connectivity index (χ4n) is 1.19. The van der Waals surface area contributed by atoms with Gasteiger partial charge in [0.25, 0.3) is 0 Å². The number of hydrogen-bond acceptors (Lipinski definition) is 2. The molecule has 74 valence electrons. The summed E-state index contributed by atoms with van der Waals surface area (Å²) in [6, 6.07) is 7.67. The molecule has 0 unspecified atom stereocenters. The van der Waals surface area contributed by atoms with Crippen LogP contribution >= 0.6 is 0 Å². The number of aliphatic hydroxyl groups is 1. The van der Waals surface area contributed by atoms with Crippen LogP contribution in [-0.2, 0) is 6.42 Å². The van der Waals surface area contributed by atoms with E-state index in [0.717, 1.165) is 11.3 Å². The molecule has 0 atom stereocenters. The van der Waals surface area contributed by atoms with E-state index in [1.807, 2.05) is 24.3 Å². The van der Waals surface area contributed by atoms with E-state index in [9.17, 15) is 0 Å². The van der Waals surface area contributed by atoms with Gasteiger partial charge in [0.2, 0.25) is 0 Å². The Morgan fingerprint density at radius 3 is 2.86 bits per heavy atom. The number of ether oxygens (including phenoxy) is 1. The van der Waals surface area contributed by atoms with E-state index in [-0.39, 0.29) is 6.61 Å². The fraction of sp³-hybridized carbons (Fsp3) is 0.333. The molecule has 2 heteroatoms. The summed E-state index contributed by atoms with van der Waals surface area (Å²) in [5.74, 6) is 3.33. The zero-order chi connectivity index (χ0) is 10.2. The lowest BCUT2D eigenvalue weighted by Crippen LogP contribution is -2.00. The van der Waals surface area contributed by atoms with Gasteiger partial charge in [-0.1, -0.05) is 18.2 Å². The van der Waals surface area contributed by atoms with Crippen LogP contribution in [0.4, 0.5) is 0 Å². The Balaban J connectivity index is 2.60. The van der Waals surface area contributed by atoms with E-state index >= 15 is 0 Å². The Bertz CT molecular complexity index is 312. The Hall–Kier alpha value is -1.46. The van der Waals surface area contributed by atoms with Crippen molar-refractivity contribution in [2.75, 3.05) is 13.2 Å². The van der Waals surface area contributed by atoms with Crippen LogP contribution < -0.4 is 4.74 Å². The van der Waals surface area contributed by atoms with Crippen molar-refractivity contribution in [2.45, 2.75) is 12.8 Å². The van der Waals surface area contributed by atoms with Gasteiger partial charge in [-0.05, 0) is 18.1 Å². The zero-order valence-electron chi connectivity index (χ0n) is 8.07. The van der Waals surface area contributed by atoms with Crippen molar-refractivity contribution in [1.29, 1.82) is 0 Å². The molecule has 1 rings (SSSR count). The Kier molecular flexibility index (Phi) is 4.60. The molecular formula is C12H14O2. The summed E-state index contributed by atoms with van der Waals surface area (Å²) in [7, 11) is 0. The van der Waals surface area contributed by atoms with Crippen LogP contribution in [0, 0.1) is 12.3 Å². The molecule has 2 nitrogen and oxygen atoms in total. The molecule has 1 N–H and O–H groups in total. The van der Waals surface area contributed by atoms with Crippen LogP contribution in [0.5, 0.6) is 5.75 Å². The molecule has 0 spiro atoms. The maximum atomic E-state index is 8.83. The highest BCUT2D eigenvalue weighted by Crippen LogP contribution is 2.18. The third kappa shape index (κ3) is 3.12. The van der Waals surface area contributed by atoms with Crippen LogP contribution in [0.15, 0.2) is 24.3 Å². The Morgan fingerprint density at radius 1 is 1.36 bits per heavy atom. The summed E-state index contributed by atoms with van der Waals surface area (Å²) in [5.41, 5.74) is 1.02. The second kappa shape index (κ2) is 6.06. The molecule has 14 heavy (non-hydrogen) atoms. The molecule has 0 aromatic heterocycles. The van der Waals surface area contributed by atoms with Gasteiger partial charge >= 0.3 is 0 Å². The number of rotatable bonds is 5. The van der Waals surface area contributed by atoms with Crippen molar-refractivity contribution >= 4 is 0 Å². The lowest BCUT2D eigenvalue weighted by molar-refractivity contribution is 0.290. The third-order valence-electron chi connectivity index (χ3n) is 1.86. The average Bonchev–Trinajstić information content (AvgIpc) is 2.21. The van der Waals surface area contributed by atoms with Crippen molar-refractivity contribution in [3.8, 4) is 18.1 Å². The van der Waals surface area contributed by atoms with Crippen LogP contribution in [0.1, 0.15) is 12.0 Å². The van der Waals surface area contributed by atoms with Gasteiger partial charge in [-0.15, -0.1) is 12.3 Å². The predicted molar refractivity (Wildman–Crippen MR) is 56.2 cm³/mol. The van der Waals surface area contributed by atoms with E-state index < -0.39 is 0 Å². The zero-order valence-corrected chi connectivity index (χ0v) is 8.07. The number of para-hydroxylation sites is 1. The largest absolute Gasteiger partial charge is 0.492 e. The molecular weight excluding hydrogens is 176 g/mol. The molecule has 1 aromatic rings. The van der Waals surface area contributed by atoms with Crippen molar-refractivity contribution < 1.29 is 9.84 Å². The molecule has 0 fully saturated rings. The minimum atomic E-state index is 0.134. The van der Waals surface area contributed by atoms with Gasteiger partial charge in [-0.3, -0.25) is 0 Å². The van der Waals surface area contributed by atoms with Gasteiger partial charge < -0.3 is 9.84 Å². The van der Waals surface area contributed by atoms with Crippen molar-refractivity contribution in [1.82, 2.24) is 0 Å². The van der Waals surface area contributed by atoms with Gasteiger partial charge in [0.15, 0.2) is 0 Å².